The van der Waals surface area contributed by atoms with Crippen molar-refractivity contribution in [3.8, 4) is 6.07 Å². The Balaban J connectivity index is 1.87. The van der Waals surface area contributed by atoms with Gasteiger partial charge in [-0.25, -0.2) is 0 Å². The molecule has 2 amide bonds. The van der Waals surface area contributed by atoms with Crippen LogP contribution in [-0.2, 0) is 9.59 Å². The molecule has 0 aliphatic carbocycles. The van der Waals surface area contributed by atoms with Gasteiger partial charge < -0.3 is 0 Å². The molecule has 4 nitrogen and oxygen atoms in total. The van der Waals surface area contributed by atoms with Crippen LogP contribution in [0.1, 0.15) is 5.56 Å². The second kappa shape index (κ2) is 5.98. The van der Waals surface area contributed by atoms with Crippen LogP contribution in [0.15, 0.2) is 65.1 Å². The Morgan fingerprint density at radius 2 is 1.77 bits per heavy atom. The van der Waals surface area contributed by atoms with Crippen LogP contribution in [0.4, 0.5) is 5.69 Å². The Bertz CT molecular complexity index is 822. The molecule has 0 saturated heterocycles. The van der Waals surface area contributed by atoms with Crippen molar-refractivity contribution < 1.29 is 9.59 Å². The molecule has 1 aliphatic rings. The molecule has 0 fully saturated rings. The number of carbonyl (C=O) groups is 2. The van der Waals surface area contributed by atoms with E-state index >= 15 is 0 Å². The predicted octanol–water partition coefficient (Wildman–Crippen LogP) is 1.35. The first kappa shape index (κ1) is 14.3. The van der Waals surface area contributed by atoms with Crippen molar-refractivity contribution in [3.63, 3.8) is 0 Å². The molecule has 0 radical (unpaired) electrons. The minimum atomic E-state index is -0.354. The number of hydrogen-bond acceptors (Lipinski definition) is 3. The summed E-state index contributed by atoms with van der Waals surface area (Å²) >= 11 is -0.213. The second-order valence-electron chi connectivity index (χ2n) is 4.56. The number of nitrogens with zero attached hydrogens (tertiary/aromatic N) is 2. The molecule has 0 atom stereocenters. The Labute approximate surface area is 133 Å². The summed E-state index contributed by atoms with van der Waals surface area (Å²) in [5, 5.41) is 8.94. The minimum absolute atomic E-state index is 0.213. The molecule has 22 heavy (non-hydrogen) atoms. The predicted molar refractivity (Wildman–Crippen MR) is 83.6 cm³/mol. The fourth-order valence-corrected chi connectivity index (χ4v) is 3.95. The first-order chi connectivity index (χ1) is 10.7. The molecule has 1 aliphatic heterocycles. The molecule has 5 heteroatoms. The topological polar surface area (TPSA) is 61.2 Å². The van der Waals surface area contributed by atoms with Crippen LogP contribution in [0, 0.1) is 11.3 Å². The van der Waals surface area contributed by atoms with Crippen molar-refractivity contribution in [2.75, 3.05) is 4.90 Å². The van der Waals surface area contributed by atoms with Crippen molar-refractivity contribution in [2.45, 2.75) is 0 Å². The number of hydrogen-bond donors (Lipinski definition) is 0. The molecule has 1 heterocycles. The second-order valence-corrected chi connectivity index (χ2v) is 6.90. The Hall–Kier alpha value is -2.67. The first-order valence-electron chi connectivity index (χ1n) is 6.52. The van der Waals surface area contributed by atoms with Gasteiger partial charge in [0.15, 0.2) is 0 Å². The molecule has 2 aromatic carbocycles. The van der Waals surface area contributed by atoms with Gasteiger partial charge in [0.1, 0.15) is 0 Å². The fraction of sp³-hybridized carbons (Fsp3) is 0. The maximum atomic E-state index is 12.5. The van der Waals surface area contributed by atoms with Crippen LogP contribution in [0.25, 0.3) is 0 Å². The molecule has 106 valence electrons. The summed E-state index contributed by atoms with van der Waals surface area (Å²) < 4.78 is 1.56. The number of rotatable bonds is 3. The Morgan fingerprint density at radius 3 is 2.50 bits per heavy atom. The van der Waals surface area contributed by atoms with E-state index in [1.165, 1.54) is 6.08 Å². The van der Waals surface area contributed by atoms with E-state index in [0.29, 0.717) is 15.7 Å². The summed E-state index contributed by atoms with van der Waals surface area (Å²) in [7, 11) is 0. The van der Waals surface area contributed by atoms with Crippen LogP contribution < -0.4 is 9.36 Å². The fourth-order valence-electron chi connectivity index (χ4n) is 2.10. The molecule has 2 aromatic rings. The van der Waals surface area contributed by atoms with E-state index in [1.807, 2.05) is 36.4 Å². The number of benzene rings is 2. The van der Waals surface area contributed by atoms with Crippen LogP contribution in [-0.4, -0.2) is 26.8 Å². The van der Waals surface area contributed by atoms with E-state index < -0.39 is 0 Å². The van der Waals surface area contributed by atoms with Crippen molar-refractivity contribution in [2.24, 2.45) is 0 Å². The average molecular weight is 353 g/mol. The standard InChI is InChI=1S/C17H10N2O2Se/c18-11-12-5-4-6-13(9-12)19-16(20)10-15(17(19)21)22-14-7-2-1-3-8-14/h1-10H. The monoisotopic (exact) mass is 354 g/mol. The maximum absolute atomic E-state index is 12.5. The van der Waals surface area contributed by atoms with E-state index in [2.05, 4.69) is 0 Å². The van der Waals surface area contributed by atoms with Crippen LogP contribution in [0.2, 0.25) is 0 Å². The zero-order valence-corrected chi connectivity index (χ0v) is 13.1. The van der Waals surface area contributed by atoms with Gasteiger partial charge in [0.2, 0.25) is 0 Å². The molecule has 0 N–H and O–H groups in total. The number of amides is 2. The molecule has 0 aromatic heterocycles. The zero-order chi connectivity index (χ0) is 15.5. The van der Waals surface area contributed by atoms with Crippen LogP contribution in [0.3, 0.4) is 0 Å². The number of imide groups is 1. The molecule has 0 unspecified atom stereocenters. The number of carbonyl (C=O) groups excluding carboxylic acids is 2. The van der Waals surface area contributed by atoms with Gasteiger partial charge in [0.25, 0.3) is 0 Å². The molecular weight excluding hydrogens is 343 g/mol. The van der Waals surface area contributed by atoms with Gasteiger partial charge in [0, 0.05) is 0 Å². The first-order valence-corrected chi connectivity index (χ1v) is 8.23. The molecule has 0 saturated carbocycles. The summed E-state index contributed by atoms with van der Waals surface area (Å²) in [5.41, 5.74) is 0.851. The SMILES string of the molecule is N#Cc1cccc(N2C(=O)C=C([Se]c3ccccc3)C2=O)c1. The quantitative estimate of drug-likeness (QED) is 0.618. The molecular formula is C17H10N2O2Se. The third-order valence-corrected chi connectivity index (χ3v) is 5.23. The summed E-state index contributed by atoms with van der Waals surface area (Å²) in [6, 6.07) is 18.1. The van der Waals surface area contributed by atoms with Crippen molar-refractivity contribution >= 4 is 36.9 Å². The molecule has 3 rings (SSSR count). The Morgan fingerprint density at radius 1 is 1.00 bits per heavy atom. The van der Waals surface area contributed by atoms with E-state index in [1.54, 1.807) is 24.3 Å². The summed E-state index contributed by atoms with van der Waals surface area (Å²) in [6.45, 7) is 0. The van der Waals surface area contributed by atoms with Gasteiger partial charge in [-0.3, -0.25) is 0 Å². The van der Waals surface area contributed by atoms with E-state index in [0.717, 1.165) is 9.36 Å². The van der Waals surface area contributed by atoms with E-state index in [4.69, 9.17) is 5.26 Å². The summed E-state index contributed by atoms with van der Waals surface area (Å²) in [6.07, 6.45) is 1.40. The Kier molecular flexibility index (Phi) is 3.88. The zero-order valence-electron chi connectivity index (χ0n) is 11.4. The molecule has 0 bridgehead atoms. The van der Waals surface area contributed by atoms with Gasteiger partial charge in [-0.2, -0.15) is 0 Å². The van der Waals surface area contributed by atoms with Crippen LogP contribution >= 0.6 is 0 Å². The van der Waals surface area contributed by atoms with Gasteiger partial charge in [-0.05, 0) is 0 Å². The van der Waals surface area contributed by atoms with Crippen molar-refractivity contribution in [1.29, 1.82) is 5.26 Å². The van der Waals surface area contributed by atoms with Crippen molar-refractivity contribution in [1.82, 2.24) is 0 Å². The van der Waals surface area contributed by atoms with Crippen molar-refractivity contribution in [3.05, 3.63) is 70.7 Å². The third-order valence-electron chi connectivity index (χ3n) is 3.09. The number of anilines is 1. The molecule has 0 spiro atoms. The van der Waals surface area contributed by atoms with E-state index in [9.17, 15) is 9.59 Å². The van der Waals surface area contributed by atoms with Gasteiger partial charge in [-0.1, -0.05) is 0 Å². The number of nitriles is 1. The third kappa shape index (κ3) is 2.71. The summed E-state index contributed by atoms with van der Waals surface area (Å²) in [5.74, 6) is -0.656. The summed E-state index contributed by atoms with van der Waals surface area (Å²) in [4.78, 5) is 25.8. The van der Waals surface area contributed by atoms with Crippen LogP contribution in [0.5, 0.6) is 0 Å². The van der Waals surface area contributed by atoms with Gasteiger partial charge in [0.05, 0.1) is 0 Å². The van der Waals surface area contributed by atoms with Gasteiger partial charge >= 0.3 is 133 Å². The normalized spacial score (nSPS) is 14.0. The van der Waals surface area contributed by atoms with E-state index in [-0.39, 0.29) is 26.8 Å². The average Bonchev–Trinajstić information content (AvgIpc) is 2.82. The van der Waals surface area contributed by atoms with Gasteiger partial charge in [-0.15, -0.1) is 0 Å².